The molecule has 3 heterocycles. The second-order valence-corrected chi connectivity index (χ2v) is 5.74. The molecule has 0 spiro atoms. The lowest BCUT2D eigenvalue weighted by atomic mass is 10.2. The summed E-state index contributed by atoms with van der Waals surface area (Å²) in [6, 6.07) is 22.4. The fourth-order valence-electron chi connectivity index (χ4n) is 2.99. The molecule has 2 aromatic carbocycles. The molecule has 5 rings (SSSR count). The van der Waals surface area contributed by atoms with Crippen LogP contribution in [-0.2, 0) is 0 Å². The van der Waals surface area contributed by atoms with Gasteiger partial charge >= 0.3 is 0 Å². The van der Waals surface area contributed by atoms with E-state index in [1.807, 2.05) is 69.9 Å². The Morgan fingerprint density at radius 2 is 1.25 bits per heavy atom. The van der Waals surface area contributed by atoms with Gasteiger partial charge in [-0.15, -0.1) is 0 Å². The molecule has 3 aromatic heterocycles. The maximum absolute atomic E-state index is 4.80. The standard InChI is InChI=1S/C20H14N4/c1-3-7-15(8-4-1)17-13-23-12-11-19-21-18(14-24(19)20(23)22-17)16-9-5-2-6-10-16/h1-14H. The van der Waals surface area contributed by atoms with E-state index in [4.69, 9.17) is 9.97 Å². The Morgan fingerprint density at radius 1 is 0.625 bits per heavy atom. The highest BCUT2D eigenvalue weighted by Crippen LogP contribution is 2.22. The van der Waals surface area contributed by atoms with Gasteiger partial charge in [-0.05, 0) is 6.07 Å². The van der Waals surface area contributed by atoms with Crippen LogP contribution in [0.4, 0.5) is 0 Å². The lowest BCUT2D eigenvalue weighted by molar-refractivity contribution is 1.06. The van der Waals surface area contributed by atoms with Crippen molar-refractivity contribution in [3.8, 4) is 22.5 Å². The van der Waals surface area contributed by atoms with Crippen molar-refractivity contribution in [2.24, 2.45) is 0 Å². The molecular formula is C20H14N4. The summed E-state index contributed by atoms with van der Waals surface area (Å²) in [5, 5.41) is 0. The molecule has 4 heteroatoms. The first-order valence-electron chi connectivity index (χ1n) is 7.86. The molecule has 0 aliphatic rings. The smallest absolute Gasteiger partial charge is 0.220 e. The minimum atomic E-state index is 0.862. The fourth-order valence-corrected chi connectivity index (χ4v) is 2.99. The van der Waals surface area contributed by atoms with E-state index in [0.29, 0.717) is 0 Å². The van der Waals surface area contributed by atoms with Crippen molar-refractivity contribution < 1.29 is 0 Å². The van der Waals surface area contributed by atoms with Gasteiger partial charge in [0, 0.05) is 29.7 Å². The second kappa shape index (κ2) is 5.06. The Kier molecular flexibility index (Phi) is 2.76. The highest BCUT2D eigenvalue weighted by molar-refractivity contribution is 5.66. The van der Waals surface area contributed by atoms with Crippen LogP contribution in [-0.4, -0.2) is 18.8 Å². The van der Waals surface area contributed by atoms with Crippen molar-refractivity contribution in [1.29, 1.82) is 0 Å². The van der Waals surface area contributed by atoms with Crippen LogP contribution in [0.2, 0.25) is 0 Å². The third kappa shape index (κ3) is 2.01. The van der Waals surface area contributed by atoms with Crippen molar-refractivity contribution >= 4 is 11.4 Å². The van der Waals surface area contributed by atoms with Gasteiger partial charge in [-0.25, -0.2) is 9.97 Å². The lowest BCUT2D eigenvalue weighted by Crippen LogP contribution is -1.92. The first-order chi connectivity index (χ1) is 11.9. The number of fused-ring (bicyclic) bond motifs is 3. The second-order valence-electron chi connectivity index (χ2n) is 5.74. The van der Waals surface area contributed by atoms with Gasteiger partial charge in [-0.3, -0.25) is 8.80 Å². The van der Waals surface area contributed by atoms with Gasteiger partial charge in [0.1, 0.15) is 5.65 Å². The zero-order valence-electron chi connectivity index (χ0n) is 12.9. The summed E-state index contributed by atoms with van der Waals surface area (Å²) in [5.74, 6) is 0.862. The predicted octanol–water partition coefficient (Wildman–Crippen LogP) is 4.32. The normalized spacial score (nSPS) is 11.3. The zero-order valence-corrected chi connectivity index (χ0v) is 12.9. The summed E-state index contributed by atoms with van der Waals surface area (Å²) < 4.78 is 4.07. The summed E-state index contributed by atoms with van der Waals surface area (Å²) >= 11 is 0. The van der Waals surface area contributed by atoms with Gasteiger partial charge in [-0.2, -0.15) is 0 Å². The molecule has 0 amide bonds. The highest BCUT2D eigenvalue weighted by atomic mass is 15.2. The number of hydrogen-bond acceptors (Lipinski definition) is 2. The highest BCUT2D eigenvalue weighted by Gasteiger charge is 2.10. The number of aromatic nitrogens is 4. The molecule has 0 unspecified atom stereocenters. The molecule has 0 aliphatic carbocycles. The van der Waals surface area contributed by atoms with Gasteiger partial charge in [0.15, 0.2) is 0 Å². The Morgan fingerprint density at radius 3 is 1.92 bits per heavy atom. The molecule has 0 N–H and O–H groups in total. The maximum atomic E-state index is 4.80. The third-order valence-corrected chi connectivity index (χ3v) is 4.18. The third-order valence-electron chi connectivity index (χ3n) is 4.18. The first kappa shape index (κ1) is 13.1. The minimum Gasteiger partial charge on any atom is -0.292 e. The molecule has 0 radical (unpaired) electrons. The van der Waals surface area contributed by atoms with Crippen LogP contribution >= 0.6 is 0 Å². The largest absolute Gasteiger partial charge is 0.292 e. The quantitative estimate of drug-likeness (QED) is 0.487. The van der Waals surface area contributed by atoms with Crippen LogP contribution < -0.4 is 0 Å². The molecule has 114 valence electrons. The number of hydrogen-bond donors (Lipinski definition) is 0. The molecule has 0 atom stereocenters. The van der Waals surface area contributed by atoms with Crippen LogP contribution in [0.3, 0.4) is 0 Å². The van der Waals surface area contributed by atoms with Crippen LogP contribution in [0.25, 0.3) is 33.9 Å². The summed E-state index contributed by atoms with van der Waals surface area (Å²) in [4.78, 5) is 9.53. The van der Waals surface area contributed by atoms with E-state index in [2.05, 4.69) is 24.3 Å². The average Bonchev–Trinajstić information content (AvgIpc) is 3.27. The molecule has 5 aromatic rings. The van der Waals surface area contributed by atoms with Crippen molar-refractivity contribution in [2.75, 3.05) is 0 Å². The summed E-state index contributed by atoms with van der Waals surface area (Å²) in [7, 11) is 0. The maximum Gasteiger partial charge on any atom is 0.220 e. The van der Waals surface area contributed by atoms with Gasteiger partial charge in [0.25, 0.3) is 0 Å². The predicted molar refractivity (Wildman–Crippen MR) is 94.8 cm³/mol. The van der Waals surface area contributed by atoms with E-state index in [1.165, 1.54) is 0 Å². The summed E-state index contributed by atoms with van der Waals surface area (Å²) in [5.41, 5.74) is 5.02. The molecular weight excluding hydrogens is 296 g/mol. The van der Waals surface area contributed by atoms with Crippen molar-refractivity contribution in [3.63, 3.8) is 0 Å². The molecule has 0 saturated heterocycles. The van der Waals surface area contributed by atoms with E-state index in [9.17, 15) is 0 Å². The first-order valence-corrected chi connectivity index (χ1v) is 7.86. The number of imidazole rings is 2. The average molecular weight is 310 g/mol. The Bertz CT molecular complexity index is 1040. The molecule has 4 nitrogen and oxygen atoms in total. The van der Waals surface area contributed by atoms with Gasteiger partial charge in [0.2, 0.25) is 5.78 Å². The van der Waals surface area contributed by atoms with Gasteiger partial charge in [0.05, 0.1) is 11.4 Å². The van der Waals surface area contributed by atoms with Gasteiger partial charge < -0.3 is 0 Å². The van der Waals surface area contributed by atoms with E-state index in [-0.39, 0.29) is 0 Å². The molecule has 0 aliphatic heterocycles. The fraction of sp³-hybridized carbons (Fsp3) is 0. The molecule has 0 bridgehead atoms. The minimum absolute atomic E-state index is 0.862. The topological polar surface area (TPSA) is 34.6 Å². The number of rotatable bonds is 2. The van der Waals surface area contributed by atoms with Crippen LogP contribution in [0.15, 0.2) is 85.3 Å². The van der Waals surface area contributed by atoms with Crippen LogP contribution in [0.5, 0.6) is 0 Å². The molecule has 0 fully saturated rings. The Balaban J connectivity index is 1.72. The summed E-state index contributed by atoms with van der Waals surface area (Å²) in [6.07, 6.45) is 6.10. The van der Waals surface area contributed by atoms with Crippen LogP contribution in [0.1, 0.15) is 0 Å². The van der Waals surface area contributed by atoms with Crippen molar-refractivity contribution in [2.45, 2.75) is 0 Å². The zero-order chi connectivity index (χ0) is 15.9. The molecule has 0 saturated carbocycles. The lowest BCUT2D eigenvalue weighted by Gasteiger charge is -1.95. The van der Waals surface area contributed by atoms with E-state index in [1.54, 1.807) is 0 Å². The van der Waals surface area contributed by atoms with Crippen molar-refractivity contribution in [1.82, 2.24) is 18.8 Å². The number of nitrogens with zero attached hydrogens (tertiary/aromatic N) is 4. The SMILES string of the molecule is c1ccc(-c2cn3c(ccn4cc(-c5ccccc5)nc43)n2)cc1. The number of benzene rings is 2. The van der Waals surface area contributed by atoms with E-state index >= 15 is 0 Å². The van der Waals surface area contributed by atoms with E-state index in [0.717, 1.165) is 33.9 Å². The Labute approximate surface area is 138 Å². The van der Waals surface area contributed by atoms with Gasteiger partial charge in [-0.1, -0.05) is 60.7 Å². The van der Waals surface area contributed by atoms with Crippen LogP contribution in [0, 0.1) is 0 Å². The van der Waals surface area contributed by atoms with E-state index < -0.39 is 0 Å². The monoisotopic (exact) mass is 310 g/mol. The molecule has 24 heavy (non-hydrogen) atoms. The van der Waals surface area contributed by atoms with Crippen molar-refractivity contribution in [3.05, 3.63) is 85.3 Å². The Hall–Kier alpha value is -3.40. The summed E-state index contributed by atoms with van der Waals surface area (Å²) in [6.45, 7) is 0.